The summed E-state index contributed by atoms with van der Waals surface area (Å²) in [6.07, 6.45) is 3.07. The molecule has 1 aromatic heterocycles. The maximum atomic E-state index is 6.03. The molecule has 1 heterocycles. The summed E-state index contributed by atoms with van der Waals surface area (Å²) in [6.45, 7) is 6.08. The maximum absolute atomic E-state index is 6.03. The smallest absolute Gasteiger partial charge is 0.0480 e. The lowest BCUT2D eigenvalue weighted by Gasteiger charge is -2.11. The Labute approximate surface area is 103 Å². The molecular weight excluding hydrogens is 218 g/mol. The number of nitrogens with two attached hydrogens (primary N) is 1. The van der Waals surface area contributed by atoms with Crippen LogP contribution in [0.1, 0.15) is 31.6 Å². The molecule has 0 aliphatic rings. The minimum absolute atomic E-state index is 0.234. The molecular formula is C13H23NOS. The topological polar surface area (TPSA) is 35.2 Å². The van der Waals surface area contributed by atoms with Crippen LogP contribution in [0.15, 0.2) is 17.5 Å². The van der Waals surface area contributed by atoms with Crippen LogP contribution >= 0.6 is 11.3 Å². The van der Waals surface area contributed by atoms with Crippen molar-refractivity contribution in [1.82, 2.24) is 0 Å². The average molecular weight is 241 g/mol. The van der Waals surface area contributed by atoms with Gasteiger partial charge in [-0.05, 0) is 36.6 Å². The van der Waals surface area contributed by atoms with E-state index in [0.29, 0.717) is 0 Å². The molecule has 0 bridgehead atoms. The third-order valence-corrected chi connectivity index (χ3v) is 3.41. The van der Waals surface area contributed by atoms with Crippen molar-refractivity contribution >= 4 is 11.3 Å². The van der Waals surface area contributed by atoms with Gasteiger partial charge in [0.05, 0.1) is 0 Å². The van der Waals surface area contributed by atoms with Crippen molar-refractivity contribution < 1.29 is 4.74 Å². The Hall–Kier alpha value is -0.380. The summed E-state index contributed by atoms with van der Waals surface area (Å²) in [5, 5.41) is 2.10. The van der Waals surface area contributed by atoms with E-state index in [9.17, 15) is 0 Å². The summed E-state index contributed by atoms with van der Waals surface area (Å²) >= 11 is 1.78. The van der Waals surface area contributed by atoms with Crippen molar-refractivity contribution in [2.45, 2.75) is 39.2 Å². The Morgan fingerprint density at radius 1 is 1.31 bits per heavy atom. The van der Waals surface area contributed by atoms with Gasteiger partial charge in [0.15, 0.2) is 0 Å². The van der Waals surface area contributed by atoms with Gasteiger partial charge in [0, 0.05) is 24.1 Å². The monoisotopic (exact) mass is 241 g/mol. The Kier molecular flexibility index (Phi) is 6.69. The van der Waals surface area contributed by atoms with Crippen molar-refractivity contribution in [1.29, 1.82) is 0 Å². The van der Waals surface area contributed by atoms with Crippen molar-refractivity contribution in [2.24, 2.45) is 11.7 Å². The summed E-state index contributed by atoms with van der Waals surface area (Å²) in [5.41, 5.74) is 6.03. The molecule has 16 heavy (non-hydrogen) atoms. The van der Waals surface area contributed by atoms with E-state index in [4.69, 9.17) is 10.5 Å². The van der Waals surface area contributed by atoms with Crippen LogP contribution in [0.4, 0.5) is 0 Å². The van der Waals surface area contributed by atoms with Crippen LogP contribution < -0.4 is 5.73 Å². The molecule has 3 heteroatoms. The number of ether oxygens (including phenoxy) is 1. The standard InChI is InChI=1S/C13H23NOS/c1-11(2)5-7-15-8-6-12(14)10-13-4-3-9-16-13/h3-4,9,11-12H,5-8,10,14H2,1-2H3. The summed E-state index contributed by atoms with van der Waals surface area (Å²) in [6, 6.07) is 4.45. The van der Waals surface area contributed by atoms with Crippen LogP contribution in [0.2, 0.25) is 0 Å². The van der Waals surface area contributed by atoms with E-state index in [1.165, 1.54) is 4.88 Å². The molecule has 0 aliphatic carbocycles. The molecule has 0 saturated heterocycles. The SMILES string of the molecule is CC(C)CCOCCC(N)Cc1cccs1. The van der Waals surface area contributed by atoms with Gasteiger partial charge in [-0.1, -0.05) is 19.9 Å². The molecule has 0 spiro atoms. The zero-order chi connectivity index (χ0) is 11.8. The van der Waals surface area contributed by atoms with Crippen molar-refractivity contribution in [3.05, 3.63) is 22.4 Å². The highest BCUT2D eigenvalue weighted by Gasteiger charge is 2.04. The highest BCUT2D eigenvalue weighted by atomic mass is 32.1. The predicted octanol–water partition coefficient (Wildman–Crippen LogP) is 3.07. The zero-order valence-corrected chi connectivity index (χ0v) is 11.1. The Balaban J connectivity index is 2.00. The highest BCUT2D eigenvalue weighted by molar-refractivity contribution is 7.09. The van der Waals surface area contributed by atoms with E-state index < -0.39 is 0 Å². The lowest BCUT2D eigenvalue weighted by atomic mass is 10.1. The second-order valence-corrected chi connectivity index (χ2v) is 5.66. The Morgan fingerprint density at radius 3 is 2.69 bits per heavy atom. The first-order chi connectivity index (χ1) is 7.68. The normalized spacial score (nSPS) is 13.2. The van der Waals surface area contributed by atoms with Gasteiger partial charge in [-0.25, -0.2) is 0 Å². The summed E-state index contributed by atoms with van der Waals surface area (Å²) in [4.78, 5) is 1.37. The van der Waals surface area contributed by atoms with Crippen molar-refractivity contribution in [2.75, 3.05) is 13.2 Å². The van der Waals surface area contributed by atoms with Crippen LogP contribution in [-0.4, -0.2) is 19.3 Å². The van der Waals surface area contributed by atoms with E-state index in [0.717, 1.165) is 38.4 Å². The highest BCUT2D eigenvalue weighted by Crippen LogP contribution is 2.11. The summed E-state index contributed by atoms with van der Waals surface area (Å²) in [7, 11) is 0. The molecule has 0 aliphatic heterocycles. The molecule has 1 unspecified atom stereocenters. The fourth-order valence-electron chi connectivity index (χ4n) is 1.45. The van der Waals surface area contributed by atoms with Gasteiger partial charge >= 0.3 is 0 Å². The lowest BCUT2D eigenvalue weighted by Crippen LogP contribution is -2.24. The first kappa shape index (κ1) is 13.7. The molecule has 2 nitrogen and oxygen atoms in total. The third kappa shape index (κ3) is 6.26. The quantitative estimate of drug-likeness (QED) is 0.710. The fourth-order valence-corrected chi connectivity index (χ4v) is 2.24. The lowest BCUT2D eigenvalue weighted by molar-refractivity contribution is 0.117. The van der Waals surface area contributed by atoms with Gasteiger partial charge in [-0.3, -0.25) is 0 Å². The molecule has 1 rings (SSSR count). The number of hydrogen-bond acceptors (Lipinski definition) is 3. The molecule has 0 radical (unpaired) electrons. The number of rotatable bonds is 8. The van der Waals surface area contributed by atoms with Gasteiger partial charge < -0.3 is 10.5 Å². The number of thiophene rings is 1. The minimum atomic E-state index is 0.234. The molecule has 2 N–H and O–H groups in total. The van der Waals surface area contributed by atoms with Crippen LogP contribution in [0.5, 0.6) is 0 Å². The fraction of sp³-hybridized carbons (Fsp3) is 0.692. The van der Waals surface area contributed by atoms with Gasteiger partial charge in [-0.15, -0.1) is 11.3 Å². The summed E-state index contributed by atoms with van der Waals surface area (Å²) in [5.74, 6) is 0.722. The summed E-state index contributed by atoms with van der Waals surface area (Å²) < 4.78 is 5.56. The third-order valence-electron chi connectivity index (χ3n) is 2.52. The van der Waals surface area contributed by atoms with E-state index in [-0.39, 0.29) is 6.04 Å². The Morgan fingerprint density at radius 2 is 2.06 bits per heavy atom. The first-order valence-corrected chi connectivity index (χ1v) is 6.92. The second kappa shape index (κ2) is 7.82. The van der Waals surface area contributed by atoms with Crippen LogP contribution in [0.25, 0.3) is 0 Å². The predicted molar refractivity (Wildman–Crippen MR) is 70.9 cm³/mol. The van der Waals surface area contributed by atoms with Crippen molar-refractivity contribution in [3.63, 3.8) is 0 Å². The van der Waals surface area contributed by atoms with E-state index in [1.807, 2.05) is 0 Å². The van der Waals surface area contributed by atoms with E-state index >= 15 is 0 Å². The molecule has 92 valence electrons. The van der Waals surface area contributed by atoms with Gasteiger partial charge in [0.1, 0.15) is 0 Å². The molecule has 0 fully saturated rings. The van der Waals surface area contributed by atoms with E-state index in [2.05, 4.69) is 31.4 Å². The maximum Gasteiger partial charge on any atom is 0.0480 e. The molecule has 0 saturated carbocycles. The van der Waals surface area contributed by atoms with Crippen LogP contribution in [0.3, 0.4) is 0 Å². The van der Waals surface area contributed by atoms with Crippen LogP contribution in [0, 0.1) is 5.92 Å². The van der Waals surface area contributed by atoms with Gasteiger partial charge in [0.25, 0.3) is 0 Å². The number of hydrogen-bond donors (Lipinski definition) is 1. The average Bonchev–Trinajstić information content (AvgIpc) is 2.69. The minimum Gasteiger partial charge on any atom is -0.381 e. The largest absolute Gasteiger partial charge is 0.381 e. The van der Waals surface area contributed by atoms with Gasteiger partial charge in [-0.2, -0.15) is 0 Å². The van der Waals surface area contributed by atoms with Gasteiger partial charge in [0.2, 0.25) is 0 Å². The first-order valence-electron chi connectivity index (χ1n) is 6.04. The van der Waals surface area contributed by atoms with E-state index in [1.54, 1.807) is 11.3 Å². The molecule has 0 aromatic carbocycles. The van der Waals surface area contributed by atoms with Crippen LogP contribution in [-0.2, 0) is 11.2 Å². The molecule has 0 amide bonds. The second-order valence-electron chi connectivity index (χ2n) is 4.63. The Bertz CT molecular complexity index is 259. The zero-order valence-electron chi connectivity index (χ0n) is 10.3. The molecule has 1 aromatic rings. The van der Waals surface area contributed by atoms with Crippen molar-refractivity contribution in [3.8, 4) is 0 Å². The molecule has 1 atom stereocenters.